The third kappa shape index (κ3) is 3.84. The van der Waals surface area contributed by atoms with Crippen molar-refractivity contribution in [1.82, 2.24) is 15.1 Å². The summed E-state index contributed by atoms with van der Waals surface area (Å²) >= 11 is 3.45. The summed E-state index contributed by atoms with van der Waals surface area (Å²) < 4.78 is 2.91. The molecule has 0 saturated heterocycles. The Bertz CT molecular complexity index is 568. The Hall–Kier alpha value is -1.33. The van der Waals surface area contributed by atoms with Gasteiger partial charge in [-0.05, 0) is 37.1 Å². The molecule has 4 nitrogen and oxygen atoms in total. The minimum atomic E-state index is 0.143. The molecule has 0 aliphatic rings. The molecule has 0 bridgehead atoms. The van der Waals surface area contributed by atoms with E-state index in [-0.39, 0.29) is 6.04 Å². The normalized spacial score (nSPS) is 12.6. The molecule has 2 N–H and O–H groups in total. The molecule has 1 aromatic heterocycles. The highest BCUT2D eigenvalue weighted by molar-refractivity contribution is 9.10. The van der Waals surface area contributed by atoms with Gasteiger partial charge < -0.3 is 10.4 Å². The number of aromatic nitrogens is 2. The second-order valence-electron chi connectivity index (χ2n) is 4.90. The van der Waals surface area contributed by atoms with Crippen LogP contribution in [0.5, 0.6) is 5.75 Å². The number of phenolic OH excluding ortho intramolecular Hbond substituents is 1. The van der Waals surface area contributed by atoms with Crippen molar-refractivity contribution < 1.29 is 5.11 Å². The van der Waals surface area contributed by atoms with Crippen LogP contribution in [0.15, 0.2) is 35.1 Å². The van der Waals surface area contributed by atoms with Crippen molar-refractivity contribution in [3.05, 3.63) is 46.2 Å². The Balaban J connectivity index is 1.96. The van der Waals surface area contributed by atoms with Gasteiger partial charge in [-0.2, -0.15) is 5.10 Å². The molecule has 0 aliphatic heterocycles. The summed E-state index contributed by atoms with van der Waals surface area (Å²) in [6, 6.07) is 5.68. The average molecular weight is 338 g/mol. The largest absolute Gasteiger partial charge is 0.508 e. The summed E-state index contributed by atoms with van der Waals surface area (Å²) in [6.07, 6.45) is 4.80. The van der Waals surface area contributed by atoms with Crippen LogP contribution in [-0.4, -0.2) is 21.4 Å². The lowest BCUT2D eigenvalue weighted by atomic mass is 10.0. The van der Waals surface area contributed by atoms with Crippen molar-refractivity contribution in [2.75, 3.05) is 6.54 Å². The summed E-state index contributed by atoms with van der Waals surface area (Å²) in [6.45, 7) is 5.77. The number of rotatable bonds is 6. The van der Waals surface area contributed by atoms with Gasteiger partial charge in [0.2, 0.25) is 0 Å². The zero-order valence-corrected chi connectivity index (χ0v) is 13.4. The number of benzene rings is 1. The molecule has 1 heterocycles. The molecule has 0 aliphatic carbocycles. The molecule has 0 radical (unpaired) electrons. The number of aryl methyl sites for hydroxylation is 1. The van der Waals surface area contributed by atoms with E-state index in [4.69, 9.17) is 0 Å². The predicted octanol–water partition coefficient (Wildman–Crippen LogP) is 3.40. The monoisotopic (exact) mass is 337 g/mol. The molecule has 0 fully saturated rings. The minimum absolute atomic E-state index is 0.143. The van der Waals surface area contributed by atoms with Crippen LogP contribution in [0.25, 0.3) is 0 Å². The van der Waals surface area contributed by atoms with E-state index in [9.17, 15) is 5.11 Å². The maximum Gasteiger partial charge on any atom is 0.120 e. The van der Waals surface area contributed by atoms with E-state index in [1.807, 2.05) is 36.1 Å². The van der Waals surface area contributed by atoms with E-state index < -0.39 is 0 Å². The van der Waals surface area contributed by atoms with Crippen LogP contribution in [0.2, 0.25) is 0 Å². The van der Waals surface area contributed by atoms with Gasteiger partial charge in [-0.15, -0.1) is 0 Å². The van der Waals surface area contributed by atoms with Crippen LogP contribution in [0.4, 0.5) is 0 Å². The summed E-state index contributed by atoms with van der Waals surface area (Å²) in [4.78, 5) is 0. The summed E-state index contributed by atoms with van der Waals surface area (Å²) in [5.74, 6) is 0.336. The molecule has 0 spiro atoms. The van der Waals surface area contributed by atoms with Gasteiger partial charge in [0, 0.05) is 28.8 Å². The van der Waals surface area contributed by atoms with E-state index in [0.717, 1.165) is 29.5 Å². The number of hydrogen-bond donors (Lipinski definition) is 2. The van der Waals surface area contributed by atoms with Crippen LogP contribution in [-0.2, 0) is 6.54 Å². The molecule has 0 amide bonds. The minimum Gasteiger partial charge on any atom is -0.508 e. The molecule has 108 valence electrons. The van der Waals surface area contributed by atoms with Crippen LogP contribution in [0.3, 0.4) is 0 Å². The van der Waals surface area contributed by atoms with E-state index >= 15 is 0 Å². The number of hydrogen-bond acceptors (Lipinski definition) is 3. The number of halogens is 1. The SMILES string of the molecule is CCC(NCCn1cc(C)cn1)c1cc(Br)ccc1O. The molecule has 1 atom stereocenters. The first-order chi connectivity index (χ1) is 9.60. The third-order valence-corrected chi connectivity index (χ3v) is 3.76. The molecule has 20 heavy (non-hydrogen) atoms. The maximum absolute atomic E-state index is 9.98. The van der Waals surface area contributed by atoms with E-state index in [1.165, 1.54) is 5.56 Å². The van der Waals surface area contributed by atoms with Crippen LogP contribution < -0.4 is 5.32 Å². The molecular weight excluding hydrogens is 318 g/mol. The Morgan fingerprint density at radius 2 is 2.25 bits per heavy atom. The molecular formula is C15H20BrN3O. The van der Waals surface area contributed by atoms with Crippen LogP contribution in [0, 0.1) is 6.92 Å². The lowest BCUT2D eigenvalue weighted by Crippen LogP contribution is -2.25. The molecule has 2 rings (SSSR count). The van der Waals surface area contributed by atoms with E-state index in [0.29, 0.717) is 5.75 Å². The number of nitrogens with zero attached hydrogens (tertiary/aromatic N) is 2. The quantitative estimate of drug-likeness (QED) is 0.849. The topological polar surface area (TPSA) is 50.1 Å². The fourth-order valence-corrected chi connectivity index (χ4v) is 2.60. The second-order valence-corrected chi connectivity index (χ2v) is 5.81. The fourth-order valence-electron chi connectivity index (χ4n) is 2.22. The summed E-state index contributed by atoms with van der Waals surface area (Å²) in [5, 5.41) is 17.7. The third-order valence-electron chi connectivity index (χ3n) is 3.27. The Morgan fingerprint density at radius 1 is 1.45 bits per heavy atom. The van der Waals surface area contributed by atoms with E-state index in [2.05, 4.69) is 33.3 Å². The lowest BCUT2D eigenvalue weighted by molar-refractivity contribution is 0.432. The first-order valence-corrected chi connectivity index (χ1v) is 7.60. The Morgan fingerprint density at radius 3 is 2.90 bits per heavy atom. The van der Waals surface area contributed by atoms with Gasteiger partial charge in [0.25, 0.3) is 0 Å². The highest BCUT2D eigenvalue weighted by atomic mass is 79.9. The Kier molecular flexibility index (Phi) is 5.20. The van der Waals surface area contributed by atoms with Crippen LogP contribution in [0.1, 0.15) is 30.5 Å². The zero-order valence-electron chi connectivity index (χ0n) is 11.8. The van der Waals surface area contributed by atoms with Crippen molar-refractivity contribution in [1.29, 1.82) is 0 Å². The van der Waals surface area contributed by atoms with E-state index in [1.54, 1.807) is 6.07 Å². The van der Waals surface area contributed by atoms with Gasteiger partial charge in [0.05, 0.1) is 12.7 Å². The first kappa shape index (κ1) is 15.1. The lowest BCUT2D eigenvalue weighted by Gasteiger charge is -2.19. The number of phenols is 1. The van der Waals surface area contributed by atoms with Gasteiger partial charge in [0.1, 0.15) is 5.75 Å². The molecule has 5 heteroatoms. The van der Waals surface area contributed by atoms with Gasteiger partial charge in [-0.25, -0.2) is 0 Å². The van der Waals surface area contributed by atoms with Crippen molar-refractivity contribution >= 4 is 15.9 Å². The standard InChI is InChI=1S/C15H20BrN3O/c1-3-14(13-8-12(16)4-5-15(13)20)17-6-7-19-10-11(2)9-18-19/h4-5,8-10,14,17,20H,3,6-7H2,1-2H3. The molecule has 2 aromatic rings. The van der Waals surface area contributed by atoms with Crippen molar-refractivity contribution in [2.45, 2.75) is 32.9 Å². The van der Waals surface area contributed by atoms with Gasteiger partial charge in [-0.1, -0.05) is 22.9 Å². The summed E-state index contributed by atoms with van der Waals surface area (Å²) in [7, 11) is 0. The highest BCUT2D eigenvalue weighted by Crippen LogP contribution is 2.29. The smallest absolute Gasteiger partial charge is 0.120 e. The first-order valence-electron chi connectivity index (χ1n) is 6.81. The second kappa shape index (κ2) is 6.90. The van der Waals surface area contributed by atoms with Gasteiger partial charge >= 0.3 is 0 Å². The highest BCUT2D eigenvalue weighted by Gasteiger charge is 2.13. The fraction of sp³-hybridized carbons (Fsp3) is 0.400. The van der Waals surface area contributed by atoms with Crippen molar-refractivity contribution in [2.24, 2.45) is 0 Å². The zero-order chi connectivity index (χ0) is 14.5. The van der Waals surface area contributed by atoms with Crippen molar-refractivity contribution in [3.63, 3.8) is 0 Å². The Labute approximate surface area is 127 Å². The molecule has 1 unspecified atom stereocenters. The summed E-state index contributed by atoms with van der Waals surface area (Å²) in [5.41, 5.74) is 2.10. The maximum atomic E-state index is 9.98. The molecule has 0 saturated carbocycles. The van der Waals surface area contributed by atoms with Crippen LogP contribution >= 0.6 is 15.9 Å². The number of nitrogens with one attached hydrogen (secondary N) is 1. The number of aromatic hydroxyl groups is 1. The van der Waals surface area contributed by atoms with Crippen molar-refractivity contribution in [3.8, 4) is 5.75 Å². The van der Waals surface area contributed by atoms with Gasteiger partial charge in [0.15, 0.2) is 0 Å². The average Bonchev–Trinajstić information content (AvgIpc) is 2.84. The predicted molar refractivity (Wildman–Crippen MR) is 83.8 cm³/mol. The van der Waals surface area contributed by atoms with Gasteiger partial charge in [-0.3, -0.25) is 4.68 Å². The molecule has 1 aromatic carbocycles.